The maximum absolute atomic E-state index is 5.68. The second-order valence-corrected chi connectivity index (χ2v) is 5.36. The van der Waals surface area contributed by atoms with Crippen LogP contribution in [0.4, 0.5) is 0 Å². The van der Waals surface area contributed by atoms with Gasteiger partial charge in [-0.25, -0.2) is 0 Å². The van der Waals surface area contributed by atoms with Crippen LogP contribution in [0.15, 0.2) is 42.6 Å². The Morgan fingerprint density at radius 3 is 2.29 bits per heavy atom. The van der Waals surface area contributed by atoms with Gasteiger partial charge in [0, 0.05) is 11.9 Å². The Morgan fingerprint density at radius 2 is 1.67 bits per heavy atom. The number of aromatic nitrogens is 1. The molecule has 0 aliphatic rings. The predicted molar refractivity (Wildman–Crippen MR) is 87.9 cm³/mol. The van der Waals surface area contributed by atoms with Gasteiger partial charge in [-0.3, -0.25) is 4.98 Å². The Hall–Kier alpha value is -1.83. The van der Waals surface area contributed by atoms with Crippen molar-refractivity contribution in [1.29, 1.82) is 0 Å². The lowest BCUT2D eigenvalue weighted by Crippen LogP contribution is -1.97. The first kappa shape index (κ1) is 15.6. The zero-order valence-corrected chi connectivity index (χ0v) is 13.1. The van der Waals surface area contributed by atoms with Crippen molar-refractivity contribution in [3.63, 3.8) is 0 Å². The number of rotatable bonds is 8. The minimum atomic E-state index is 0.809. The van der Waals surface area contributed by atoms with Crippen LogP contribution >= 0.6 is 0 Å². The van der Waals surface area contributed by atoms with Gasteiger partial charge in [0.15, 0.2) is 0 Å². The topological polar surface area (TPSA) is 22.1 Å². The lowest BCUT2D eigenvalue weighted by atomic mass is 10.1. The number of benzene rings is 1. The summed E-state index contributed by atoms with van der Waals surface area (Å²) in [6.45, 7) is 5.14. The highest BCUT2D eigenvalue weighted by molar-refractivity contribution is 5.28. The fourth-order valence-electron chi connectivity index (χ4n) is 2.17. The Bertz CT molecular complexity index is 516. The van der Waals surface area contributed by atoms with E-state index in [2.05, 4.69) is 55.2 Å². The summed E-state index contributed by atoms with van der Waals surface area (Å²) in [5.41, 5.74) is 3.79. The molecule has 0 bridgehead atoms. The van der Waals surface area contributed by atoms with E-state index in [1.54, 1.807) is 0 Å². The number of hydrogen-bond acceptors (Lipinski definition) is 2. The van der Waals surface area contributed by atoms with Gasteiger partial charge in [-0.1, -0.05) is 38.5 Å². The van der Waals surface area contributed by atoms with Crippen LogP contribution in [0.25, 0.3) is 0 Å². The van der Waals surface area contributed by atoms with Gasteiger partial charge in [0.25, 0.3) is 0 Å². The van der Waals surface area contributed by atoms with E-state index >= 15 is 0 Å². The molecule has 0 N–H and O–H groups in total. The molecule has 0 unspecified atom stereocenters. The monoisotopic (exact) mass is 283 g/mol. The van der Waals surface area contributed by atoms with E-state index in [0.717, 1.165) is 43.7 Å². The van der Waals surface area contributed by atoms with Crippen LogP contribution in [0, 0.1) is 0 Å². The van der Waals surface area contributed by atoms with Gasteiger partial charge in [0.05, 0.1) is 6.61 Å². The van der Waals surface area contributed by atoms with Gasteiger partial charge in [-0.2, -0.15) is 0 Å². The van der Waals surface area contributed by atoms with Crippen LogP contribution < -0.4 is 4.74 Å². The highest BCUT2D eigenvalue weighted by atomic mass is 16.5. The van der Waals surface area contributed by atoms with Crippen LogP contribution in [0.2, 0.25) is 0 Å². The lowest BCUT2D eigenvalue weighted by Gasteiger charge is -2.07. The first-order valence-corrected chi connectivity index (χ1v) is 7.97. The molecule has 1 heterocycles. The fraction of sp³-hybridized carbons (Fsp3) is 0.421. The molecule has 21 heavy (non-hydrogen) atoms. The van der Waals surface area contributed by atoms with E-state index in [1.165, 1.54) is 17.5 Å². The average molecular weight is 283 g/mol. The molecule has 0 amide bonds. The van der Waals surface area contributed by atoms with E-state index < -0.39 is 0 Å². The van der Waals surface area contributed by atoms with E-state index in [1.807, 2.05) is 6.20 Å². The number of ether oxygens (including phenoxy) is 1. The zero-order valence-electron chi connectivity index (χ0n) is 13.1. The number of nitrogens with zero attached hydrogens (tertiary/aromatic N) is 1. The average Bonchev–Trinajstić information content (AvgIpc) is 2.55. The molecule has 0 aliphatic carbocycles. The Labute approximate surface area is 128 Å². The fourth-order valence-corrected chi connectivity index (χ4v) is 2.17. The maximum Gasteiger partial charge on any atom is 0.119 e. The van der Waals surface area contributed by atoms with Crippen LogP contribution in [-0.2, 0) is 19.3 Å². The van der Waals surface area contributed by atoms with Gasteiger partial charge in [0.2, 0.25) is 0 Å². The summed E-state index contributed by atoms with van der Waals surface area (Å²) >= 11 is 0. The van der Waals surface area contributed by atoms with Crippen molar-refractivity contribution in [3.8, 4) is 5.75 Å². The minimum absolute atomic E-state index is 0.809. The summed E-state index contributed by atoms with van der Waals surface area (Å²) in [7, 11) is 0. The zero-order chi connectivity index (χ0) is 14.9. The summed E-state index contributed by atoms with van der Waals surface area (Å²) in [5, 5.41) is 0. The Morgan fingerprint density at radius 1 is 0.905 bits per heavy atom. The Balaban J connectivity index is 1.82. The number of hydrogen-bond donors (Lipinski definition) is 0. The van der Waals surface area contributed by atoms with Gasteiger partial charge in [-0.15, -0.1) is 0 Å². The molecule has 0 radical (unpaired) electrons. The molecule has 2 aromatic rings. The SMILES string of the molecule is CCCCOc1ccc(CCc2ccc(CC)cn2)cc1. The van der Waals surface area contributed by atoms with Gasteiger partial charge >= 0.3 is 0 Å². The van der Waals surface area contributed by atoms with Crippen molar-refractivity contribution < 1.29 is 4.74 Å². The van der Waals surface area contributed by atoms with Crippen molar-refractivity contribution in [1.82, 2.24) is 4.98 Å². The maximum atomic E-state index is 5.68. The molecule has 2 rings (SSSR count). The van der Waals surface area contributed by atoms with Gasteiger partial charge < -0.3 is 4.74 Å². The first-order chi connectivity index (χ1) is 10.3. The molecule has 0 atom stereocenters. The van der Waals surface area contributed by atoms with Crippen LogP contribution in [0.1, 0.15) is 43.5 Å². The van der Waals surface area contributed by atoms with Crippen molar-refractivity contribution in [2.45, 2.75) is 46.0 Å². The third kappa shape index (κ3) is 5.22. The van der Waals surface area contributed by atoms with Crippen molar-refractivity contribution in [2.24, 2.45) is 0 Å². The third-order valence-electron chi connectivity index (χ3n) is 3.65. The van der Waals surface area contributed by atoms with E-state index in [-0.39, 0.29) is 0 Å². The van der Waals surface area contributed by atoms with Crippen LogP contribution in [0.3, 0.4) is 0 Å². The third-order valence-corrected chi connectivity index (χ3v) is 3.65. The molecular formula is C19H25NO. The summed E-state index contributed by atoms with van der Waals surface area (Å²) in [5.74, 6) is 0.970. The highest BCUT2D eigenvalue weighted by Gasteiger charge is 1.99. The minimum Gasteiger partial charge on any atom is -0.494 e. The number of aryl methyl sites for hydroxylation is 3. The molecule has 1 aromatic carbocycles. The molecule has 112 valence electrons. The summed E-state index contributed by atoms with van der Waals surface area (Å²) in [6.07, 6.45) is 7.32. The predicted octanol–water partition coefficient (Wildman–Crippen LogP) is 4.61. The summed E-state index contributed by atoms with van der Waals surface area (Å²) in [4.78, 5) is 4.51. The summed E-state index contributed by atoms with van der Waals surface area (Å²) in [6, 6.07) is 12.8. The standard InChI is InChI=1S/C19H25NO/c1-3-5-14-21-19-12-8-17(9-13-19)7-11-18-10-6-16(4-2)15-20-18/h6,8-10,12-13,15H,3-5,7,11,14H2,1-2H3. The van der Waals surface area contributed by atoms with Gasteiger partial charge in [-0.05, 0) is 55.0 Å². The highest BCUT2D eigenvalue weighted by Crippen LogP contribution is 2.14. The largest absolute Gasteiger partial charge is 0.494 e. The number of unbranched alkanes of at least 4 members (excludes halogenated alkanes) is 1. The van der Waals surface area contributed by atoms with E-state index in [4.69, 9.17) is 4.74 Å². The Kier molecular flexibility index (Phi) is 6.26. The smallest absolute Gasteiger partial charge is 0.119 e. The molecular weight excluding hydrogens is 258 g/mol. The molecule has 0 saturated heterocycles. The second-order valence-electron chi connectivity index (χ2n) is 5.36. The summed E-state index contributed by atoms with van der Waals surface area (Å²) < 4.78 is 5.68. The van der Waals surface area contributed by atoms with Crippen molar-refractivity contribution in [2.75, 3.05) is 6.61 Å². The quantitative estimate of drug-likeness (QED) is 0.660. The van der Waals surface area contributed by atoms with E-state index in [0.29, 0.717) is 0 Å². The normalized spacial score (nSPS) is 10.6. The molecule has 0 fully saturated rings. The first-order valence-electron chi connectivity index (χ1n) is 7.97. The molecule has 1 aromatic heterocycles. The lowest BCUT2D eigenvalue weighted by molar-refractivity contribution is 0.309. The van der Waals surface area contributed by atoms with Crippen molar-refractivity contribution in [3.05, 3.63) is 59.4 Å². The molecule has 2 nitrogen and oxygen atoms in total. The molecule has 2 heteroatoms. The van der Waals surface area contributed by atoms with Crippen LogP contribution in [-0.4, -0.2) is 11.6 Å². The number of pyridine rings is 1. The molecule has 0 aliphatic heterocycles. The second kappa shape index (κ2) is 8.46. The van der Waals surface area contributed by atoms with Gasteiger partial charge in [0.1, 0.15) is 5.75 Å². The molecule has 0 saturated carbocycles. The molecule has 0 spiro atoms. The van der Waals surface area contributed by atoms with Crippen molar-refractivity contribution >= 4 is 0 Å². The van der Waals surface area contributed by atoms with Crippen LogP contribution in [0.5, 0.6) is 5.75 Å². The van der Waals surface area contributed by atoms with E-state index in [9.17, 15) is 0 Å².